The molecule has 1 N–H and O–H groups in total. The summed E-state index contributed by atoms with van der Waals surface area (Å²) in [6.45, 7) is 5.65. The van der Waals surface area contributed by atoms with Crippen LogP contribution >= 0.6 is 0 Å². The Hall–Kier alpha value is -3.41. The number of hydrogen-bond acceptors (Lipinski definition) is 3. The molecule has 1 aliphatic heterocycles. The molecule has 0 spiro atoms. The van der Waals surface area contributed by atoms with Gasteiger partial charge in [-0.1, -0.05) is 32.0 Å². The molecule has 3 aromatic rings. The third kappa shape index (κ3) is 4.27. The fourth-order valence-corrected chi connectivity index (χ4v) is 3.84. The lowest BCUT2D eigenvalue weighted by atomic mass is 10.1. The maximum atomic E-state index is 12.8. The van der Waals surface area contributed by atoms with E-state index in [1.54, 1.807) is 17.0 Å². The van der Waals surface area contributed by atoms with Crippen molar-refractivity contribution in [1.82, 2.24) is 9.55 Å². The molecule has 0 aliphatic carbocycles. The van der Waals surface area contributed by atoms with Crippen LogP contribution in [0, 0.1) is 0 Å². The number of nitrogens with one attached hydrogen (secondary N) is 1. The van der Waals surface area contributed by atoms with Crippen LogP contribution < -0.4 is 10.2 Å². The molecule has 2 heterocycles. The van der Waals surface area contributed by atoms with Crippen molar-refractivity contribution in [3.63, 3.8) is 0 Å². The first-order valence-electron chi connectivity index (χ1n) is 10.3. The molecule has 1 saturated heterocycles. The molecule has 0 bridgehead atoms. The van der Waals surface area contributed by atoms with E-state index in [1.165, 1.54) is 0 Å². The van der Waals surface area contributed by atoms with E-state index in [-0.39, 0.29) is 11.8 Å². The monoisotopic (exact) mass is 402 g/mol. The number of carbonyl (C=O) groups is 2. The van der Waals surface area contributed by atoms with E-state index in [4.69, 9.17) is 0 Å². The Balaban J connectivity index is 1.48. The second-order valence-electron chi connectivity index (χ2n) is 7.92. The van der Waals surface area contributed by atoms with Crippen molar-refractivity contribution in [2.24, 2.45) is 0 Å². The van der Waals surface area contributed by atoms with Crippen LogP contribution in [-0.2, 0) is 11.3 Å². The van der Waals surface area contributed by atoms with E-state index in [2.05, 4.69) is 28.7 Å². The number of anilines is 2. The Morgan fingerprint density at radius 3 is 2.77 bits per heavy atom. The average molecular weight is 402 g/mol. The van der Waals surface area contributed by atoms with E-state index >= 15 is 0 Å². The predicted octanol–water partition coefficient (Wildman–Crippen LogP) is 4.43. The molecule has 30 heavy (non-hydrogen) atoms. The van der Waals surface area contributed by atoms with E-state index in [0.717, 1.165) is 29.2 Å². The Labute approximate surface area is 176 Å². The minimum Gasteiger partial charge on any atom is -0.330 e. The normalized spacial score (nSPS) is 13.8. The van der Waals surface area contributed by atoms with Gasteiger partial charge in [-0.3, -0.25) is 9.59 Å². The smallest absolute Gasteiger partial charge is 0.255 e. The summed E-state index contributed by atoms with van der Waals surface area (Å²) < 4.78 is 2.13. The molecule has 0 atom stereocenters. The van der Waals surface area contributed by atoms with Crippen LogP contribution in [0.3, 0.4) is 0 Å². The molecule has 6 nitrogen and oxygen atoms in total. The summed E-state index contributed by atoms with van der Waals surface area (Å²) in [5.74, 6) is 1.31. The molecule has 4 rings (SSSR count). The van der Waals surface area contributed by atoms with Crippen LogP contribution in [0.4, 0.5) is 11.4 Å². The van der Waals surface area contributed by atoms with Gasteiger partial charge in [0.25, 0.3) is 5.91 Å². The third-order valence-corrected chi connectivity index (χ3v) is 5.30. The lowest BCUT2D eigenvalue weighted by Crippen LogP contribution is -2.24. The molecule has 0 radical (unpaired) electrons. The Morgan fingerprint density at radius 1 is 1.17 bits per heavy atom. The highest BCUT2D eigenvalue weighted by Gasteiger charge is 2.22. The largest absolute Gasteiger partial charge is 0.330 e. The summed E-state index contributed by atoms with van der Waals surface area (Å²) in [6, 6.07) is 15.1. The SMILES string of the molecule is CC(C)c1nccn1Cc1cccc(NC(=O)c2cccc(N3CCCC3=O)c2)c1. The lowest BCUT2D eigenvalue weighted by molar-refractivity contribution is -0.117. The number of amides is 2. The predicted molar refractivity (Wildman–Crippen MR) is 118 cm³/mol. The minimum absolute atomic E-state index is 0.112. The van der Waals surface area contributed by atoms with E-state index in [1.807, 2.05) is 48.8 Å². The molecule has 2 aromatic carbocycles. The van der Waals surface area contributed by atoms with Crippen molar-refractivity contribution in [3.8, 4) is 0 Å². The number of carbonyl (C=O) groups excluding carboxylic acids is 2. The second kappa shape index (κ2) is 8.53. The van der Waals surface area contributed by atoms with Crippen LogP contribution in [0.15, 0.2) is 60.9 Å². The van der Waals surface area contributed by atoms with Crippen molar-refractivity contribution in [2.45, 2.75) is 39.2 Å². The zero-order chi connectivity index (χ0) is 21.1. The van der Waals surface area contributed by atoms with Gasteiger partial charge >= 0.3 is 0 Å². The highest BCUT2D eigenvalue weighted by atomic mass is 16.2. The highest BCUT2D eigenvalue weighted by Crippen LogP contribution is 2.23. The first-order chi connectivity index (χ1) is 14.5. The van der Waals surface area contributed by atoms with Crippen LogP contribution in [0.5, 0.6) is 0 Å². The van der Waals surface area contributed by atoms with Crippen molar-refractivity contribution in [2.75, 3.05) is 16.8 Å². The van der Waals surface area contributed by atoms with Crippen molar-refractivity contribution >= 4 is 23.2 Å². The molecule has 1 fully saturated rings. The van der Waals surface area contributed by atoms with Gasteiger partial charge in [0.05, 0.1) is 0 Å². The maximum Gasteiger partial charge on any atom is 0.255 e. The van der Waals surface area contributed by atoms with Crippen LogP contribution in [0.1, 0.15) is 54.4 Å². The van der Waals surface area contributed by atoms with Gasteiger partial charge in [-0.25, -0.2) is 4.98 Å². The molecule has 1 aliphatic rings. The summed E-state index contributed by atoms with van der Waals surface area (Å²) in [5.41, 5.74) is 3.14. The van der Waals surface area contributed by atoms with Gasteiger partial charge in [-0.2, -0.15) is 0 Å². The number of hydrogen-bond donors (Lipinski definition) is 1. The maximum absolute atomic E-state index is 12.8. The quantitative estimate of drug-likeness (QED) is 0.663. The van der Waals surface area contributed by atoms with Gasteiger partial charge in [0.15, 0.2) is 0 Å². The van der Waals surface area contributed by atoms with Crippen LogP contribution in [0.2, 0.25) is 0 Å². The summed E-state index contributed by atoms with van der Waals surface area (Å²) in [7, 11) is 0. The van der Waals surface area contributed by atoms with Gasteiger partial charge in [-0.05, 0) is 42.3 Å². The van der Waals surface area contributed by atoms with Gasteiger partial charge in [-0.15, -0.1) is 0 Å². The van der Waals surface area contributed by atoms with Gasteiger partial charge in [0, 0.05) is 54.8 Å². The number of benzene rings is 2. The highest BCUT2D eigenvalue weighted by molar-refractivity contribution is 6.05. The summed E-state index contributed by atoms with van der Waals surface area (Å²) in [5, 5.41) is 2.98. The summed E-state index contributed by atoms with van der Waals surface area (Å²) >= 11 is 0. The minimum atomic E-state index is -0.189. The number of aromatic nitrogens is 2. The summed E-state index contributed by atoms with van der Waals surface area (Å²) in [6.07, 6.45) is 5.22. The van der Waals surface area contributed by atoms with Crippen LogP contribution in [0.25, 0.3) is 0 Å². The Morgan fingerprint density at radius 2 is 2.00 bits per heavy atom. The molecule has 0 saturated carbocycles. The van der Waals surface area contributed by atoms with Crippen molar-refractivity contribution in [3.05, 3.63) is 77.9 Å². The molecular formula is C24H26N4O2. The summed E-state index contributed by atoms with van der Waals surface area (Å²) in [4.78, 5) is 31.0. The van der Waals surface area contributed by atoms with Crippen LogP contribution in [-0.4, -0.2) is 27.9 Å². The standard InChI is InChI=1S/C24H26N4O2/c1-17(2)23-25-11-13-27(23)16-18-6-3-8-20(14-18)26-24(30)19-7-4-9-21(15-19)28-12-5-10-22(28)29/h3-4,6-9,11,13-15,17H,5,10,12,16H2,1-2H3,(H,26,30). The van der Waals surface area contributed by atoms with Gasteiger partial charge in [0.1, 0.15) is 5.82 Å². The molecular weight excluding hydrogens is 376 g/mol. The Bertz CT molecular complexity index is 1070. The fraction of sp³-hybridized carbons (Fsp3) is 0.292. The molecule has 1 aromatic heterocycles. The van der Waals surface area contributed by atoms with E-state index in [9.17, 15) is 9.59 Å². The van der Waals surface area contributed by atoms with Crippen molar-refractivity contribution < 1.29 is 9.59 Å². The average Bonchev–Trinajstić information content (AvgIpc) is 3.37. The van der Waals surface area contributed by atoms with Gasteiger partial charge < -0.3 is 14.8 Å². The number of rotatable bonds is 6. The molecule has 0 unspecified atom stereocenters. The Kier molecular flexibility index (Phi) is 5.65. The first-order valence-corrected chi connectivity index (χ1v) is 10.3. The van der Waals surface area contributed by atoms with Gasteiger partial charge in [0.2, 0.25) is 5.91 Å². The topological polar surface area (TPSA) is 67.2 Å². The van der Waals surface area contributed by atoms with E-state index in [0.29, 0.717) is 31.0 Å². The molecule has 154 valence electrons. The number of imidazole rings is 1. The third-order valence-electron chi connectivity index (χ3n) is 5.30. The molecule has 2 amide bonds. The fourth-order valence-electron chi connectivity index (χ4n) is 3.84. The zero-order valence-electron chi connectivity index (χ0n) is 17.3. The molecule has 6 heteroatoms. The lowest BCUT2D eigenvalue weighted by Gasteiger charge is -2.16. The van der Waals surface area contributed by atoms with Crippen molar-refractivity contribution in [1.29, 1.82) is 0 Å². The number of nitrogens with zero attached hydrogens (tertiary/aromatic N) is 3. The van der Waals surface area contributed by atoms with E-state index < -0.39 is 0 Å². The zero-order valence-corrected chi connectivity index (χ0v) is 17.3. The first kappa shape index (κ1) is 19.9. The second-order valence-corrected chi connectivity index (χ2v) is 7.92.